The molecule has 0 spiro atoms. The fraction of sp³-hybridized carbons (Fsp3) is 0.429. The lowest BCUT2D eigenvalue weighted by atomic mass is 9.81. The van der Waals surface area contributed by atoms with E-state index in [9.17, 15) is 14.0 Å². The van der Waals surface area contributed by atoms with Crippen LogP contribution in [0.1, 0.15) is 44.3 Å². The van der Waals surface area contributed by atoms with Gasteiger partial charge in [-0.25, -0.2) is 9.18 Å². The number of hydrogen-bond acceptors (Lipinski definition) is 4. The van der Waals surface area contributed by atoms with Gasteiger partial charge in [0.05, 0.1) is 12.7 Å². The van der Waals surface area contributed by atoms with E-state index in [0.29, 0.717) is 36.3 Å². The molecule has 2 aromatic rings. The number of carbonyl (C=O) groups is 2. The number of carbonyl (C=O) groups excluding carboxylic acids is 2. The summed E-state index contributed by atoms with van der Waals surface area (Å²) in [6.45, 7) is 0. The van der Waals surface area contributed by atoms with E-state index < -0.39 is 5.54 Å². The standard InChI is InChI=1S/C21H24FNO4/c1-26-20(25)21(13-5-2-6-14-21)23-19(24)12-10-15-9-11-18(27-15)16-7-3-4-8-17(16)22/h3-4,7-9,11H,2,5-6,10,12-14H2,1H3,(H,23,24). The highest BCUT2D eigenvalue weighted by Gasteiger charge is 2.41. The highest BCUT2D eigenvalue weighted by atomic mass is 19.1. The molecule has 1 fully saturated rings. The molecule has 0 bridgehead atoms. The lowest BCUT2D eigenvalue weighted by Crippen LogP contribution is -2.56. The molecule has 1 aliphatic rings. The predicted molar refractivity (Wildman–Crippen MR) is 98.4 cm³/mol. The Morgan fingerprint density at radius 2 is 1.89 bits per heavy atom. The Labute approximate surface area is 157 Å². The lowest BCUT2D eigenvalue weighted by molar-refractivity contribution is -0.152. The topological polar surface area (TPSA) is 68.5 Å². The lowest BCUT2D eigenvalue weighted by Gasteiger charge is -2.35. The van der Waals surface area contributed by atoms with Crippen LogP contribution in [0.25, 0.3) is 11.3 Å². The summed E-state index contributed by atoms with van der Waals surface area (Å²) >= 11 is 0. The summed E-state index contributed by atoms with van der Waals surface area (Å²) in [7, 11) is 1.35. The van der Waals surface area contributed by atoms with E-state index in [-0.39, 0.29) is 24.1 Å². The van der Waals surface area contributed by atoms with Crippen LogP contribution in [0.4, 0.5) is 4.39 Å². The van der Waals surface area contributed by atoms with Gasteiger partial charge < -0.3 is 14.5 Å². The van der Waals surface area contributed by atoms with E-state index in [1.54, 1.807) is 30.3 Å². The van der Waals surface area contributed by atoms with Crippen molar-refractivity contribution in [2.24, 2.45) is 0 Å². The van der Waals surface area contributed by atoms with Crippen molar-refractivity contribution in [2.75, 3.05) is 7.11 Å². The third kappa shape index (κ3) is 4.38. The Hall–Kier alpha value is -2.63. The molecule has 144 valence electrons. The minimum Gasteiger partial charge on any atom is -0.467 e. The first-order valence-corrected chi connectivity index (χ1v) is 9.27. The van der Waals surface area contributed by atoms with Crippen LogP contribution < -0.4 is 5.32 Å². The molecule has 0 unspecified atom stereocenters. The van der Waals surface area contributed by atoms with Crippen LogP contribution in [0, 0.1) is 5.82 Å². The molecule has 3 rings (SSSR count). The molecule has 1 aromatic heterocycles. The molecule has 0 aliphatic heterocycles. The van der Waals surface area contributed by atoms with Gasteiger partial charge in [0.15, 0.2) is 0 Å². The summed E-state index contributed by atoms with van der Waals surface area (Å²) in [6.07, 6.45) is 4.59. The molecule has 1 heterocycles. The fourth-order valence-electron chi connectivity index (χ4n) is 3.62. The number of halogens is 1. The number of esters is 1. The van der Waals surface area contributed by atoms with Gasteiger partial charge in [-0.3, -0.25) is 4.79 Å². The van der Waals surface area contributed by atoms with E-state index in [1.807, 2.05) is 0 Å². The number of methoxy groups -OCH3 is 1. The summed E-state index contributed by atoms with van der Waals surface area (Å²) in [6, 6.07) is 9.82. The van der Waals surface area contributed by atoms with Crippen LogP contribution in [0.5, 0.6) is 0 Å². The van der Waals surface area contributed by atoms with Crippen molar-refractivity contribution in [1.29, 1.82) is 0 Å². The number of ether oxygens (including phenoxy) is 1. The zero-order chi connectivity index (χ0) is 19.3. The second kappa shape index (κ2) is 8.37. The maximum absolute atomic E-state index is 13.8. The Bertz CT molecular complexity index is 808. The van der Waals surface area contributed by atoms with Crippen LogP contribution in [0.3, 0.4) is 0 Å². The van der Waals surface area contributed by atoms with Crippen molar-refractivity contribution in [1.82, 2.24) is 5.32 Å². The molecule has 0 radical (unpaired) electrons. The van der Waals surface area contributed by atoms with E-state index in [2.05, 4.69) is 5.32 Å². The number of nitrogens with one attached hydrogen (secondary N) is 1. The molecule has 5 nitrogen and oxygen atoms in total. The number of amides is 1. The maximum Gasteiger partial charge on any atom is 0.331 e. The molecule has 27 heavy (non-hydrogen) atoms. The van der Waals surface area contributed by atoms with Crippen LogP contribution in [-0.4, -0.2) is 24.5 Å². The average molecular weight is 373 g/mol. The van der Waals surface area contributed by atoms with Gasteiger partial charge in [0, 0.05) is 12.8 Å². The van der Waals surface area contributed by atoms with Gasteiger partial charge in [-0.05, 0) is 37.1 Å². The molecule has 1 saturated carbocycles. The second-order valence-electron chi connectivity index (χ2n) is 6.93. The summed E-state index contributed by atoms with van der Waals surface area (Å²) in [4.78, 5) is 24.6. The first-order chi connectivity index (χ1) is 13.0. The van der Waals surface area contributed by atoms with Crippen LogP contribution >= 0.6 is 0 Å². The van der Waals surface area contributed by atoms with Crippen molar-refractivity contribution in [3.05, 3.63) is 48.0 Å². The third-order valence-corrected chi connectivity index (χ3v) is 5.06. The molecule has 0 saturated heterocycles. The van der Waals surface area contributed by atoms with Gasteiger partial charge in [-0.1, -0.05) is 31.4 Å². The number of rotatable bonds is 6. The van der Waals surface area contributed by atoms with Crippen molar-refractivity contribution < 1.29 is 23.1 Å². The van der Waals surface area contributed by atoms with Crippen LogP contribution in [0.2, 0.25) is 0 Å². The first-order valence-electron chi connectivity index (χ1n) is 9.27. The van der Waals surface area contributed by atoms with Crippen molar-refractivity contribution in [2.45, 2.75) is 50.5 Å². The first kappa shape index (κ1) is 19.1. The Morgan fingerprint density at radius 1 is 1.15 bits per heavy atom. The SMILES string of the molecule is COC(=O)C1(NC(=O)CCc2ccc(-c3ccccc3F)o2)CCCCC1. The largest absolute Gasteiger partial charge is 0.467 e. The fourth-order valence-corrected chi connectivity index (χ4v) is 3.62. The zero-order valence-corrected chi connectivity index (χ0v) is 15.4. The Morgan fingerprint density at radius 3 is 2.59 bits per heavy atom. The highest BCUT2D eigenvalue weighted by Crippen LogP contribution is 2.30. The summed E-state index contributed by atoms with van der Waals surface area (Å²) in [5, 5.41) is 2.89. The minimum atomic E-state index is -0.911. The Balaban J connectivity index is 1.61. The smallest absolute Gasteiger partial charge is 0.331 e. The van der Waals surface area contributed by atoms with Gasteiger partial charge >= 0.3 is 5.97 Å². The molecule has 1 amide bonds. The van der Waals surface area contributed by atoms with E-state index in [4.69, 9.17) is 9.15 Å². The summed E-state index contributed by atoms with van der Waals surface area (Å²) < 4.78 is 24.4. The molecule has 6 heteroatoms. The number of benzene rings is 1. The molecule has 1 aromatic carbocycles. The van der Waals surface area contributed by atoms with E-state index in [0.717, 1.165) is 19.3 Å². The van der Waals surface area contributed by atoms with Crippen molar-refractivity contribution in [3.8, 4) is 11.3 Å². The number of furan rings is 1. The summed E-state index contributed by atoms with van der Waals surface area (Å²) in [5.74, 6) is 0.0796. The zero-order valence-electron chi connectivity index (χ0n) is 15.4. The Kier molecular flexibility index (Phi) is 5.94. The number of aryl methyl sites for hydroxylation is 1. The van der Waals surface area contributed by atoms with Gasteiger partial charge in [0.25, 0.3) is 0 Å². The third-order valence-electron chi connectivity index (χ3n) is 5.06. The van der Waals surface area contributed by atoms with Gasteiger partial charge in [0.2, 0.25) is 5.91 Å². The van der Waals surface area contributed by atoms with Gasteiger partial charge in [-0.2, -0.15) is 0 Å². The molecule has 1 aliphatic carbocycles. The van der Waals surface area contributed by atoms with E-state index >= 15 is 0 Å². The number of hydrogen-bond donors (Lipinski definition) is 1. The van der Waals surface area contributed by atoms with Crippen molar-refractivity contribution in [3.63, 3.8) is 0 Å². The molecular formula is C21H24FNO4. The summed E-state index contributed by atoms with van der Waals surface area (Å²) in [5.41, 5.74) is -0.522. The normalized spacial score (nSPS) is 15.9. The maximum atomic E-state index is 13.8. The highest BCUT2D eigenvalue weighted by molar-refractivity contribution is 5.88. The van der Waals surface area contributed by atoms with E-state index in [1.165, 1.54) is 13.2 Å². The van der Waals surface area contributed by atoms with Crippen molar-refractivity contribution >= 4 is 11.9 Å². The van der Waals surface area contributed by atoms with Crippen LogP contribution in [-0.2, 0) is 20.7 Å². The predicted octanol–water partition coefficient (Wildman–Crippen LogP) is 4.01. The van der Waals surface area contributed by atoms with Gasteiger partial charge in [-0.15, -0.1) is 0 Å². The average Bonchev–Trinajstić information content (AvgIpc) is 3.15. The molecular weight excluding hydrogens is 349 g/mol. The second-order valence-corrected chi connectivity index (χ2v) is 6.93. The molecule has 1 N–H and O–H groups in total. The monoisotopic (exact) mass is 373 g/mol. The van der Waals surface area contributed by atoms with Gasteiger partial charge in [0.1, 0.15) is 22.9 Å². The molecule has 0 atom stereocenters. The van der Waals surface area contributed by atoms with Crippen LogP contribution in [0.15, 0.2) is 40.8 Å². The minimum absolute atomic E-state index is 0.184. The quantitative estimate of drug-likeness (QED) is 0.777.